The molecule has 2 unspecified atom stereocenters. The summed E-state index contributed by atoms with van der Waals surface area (Å²) in [6.45, 7) is 9.89. The Bertz CT molecular complexity index is 1110. The first kappa shape index (κ1) is 20.9. The summed E-state index contributed by atoms with van der Waals surface area (Å²) in [4.78, 5) is 21.1. The van der Waals surface area contributed by atoms with E-state index in [1.54, 1.807) is 17.3 Å². The van der Waals surface area contributed by atoms with E-state index in [-0.39, 0.29) is 12.3 Å². The Kier molecular flexibility index (Phi) is 5.67. The fourth-order valence-corrected chi connectivity index (χ4v) is 3.87. The standard InChI is InChI=1S/C24H26FN5O/c1-5-7-16-8-14(3)19(13-27-16)22-9-15-12-28-23(29-24(31)18-10-20(18)25)11-17(15)21(6-2)30(22)26-4/h6,8-9,11-13,18,20H,4-5,7,10H2,1-3H3,(H,28,29,31)/b21-6-. The van der Waals surface area contributed by atoms with Gasteiger partial charge in [-0.1, -0.05) is 19.4 Å². The number of hydrazone groups is 1. The Morgan fingerprint density at radius 2 is 2.13 bits per heavy atom. The Labute approximate surface area is 181 Å². The number of nitrogens with one attached hydrogen (secondary N) is 1. The first-order valence-corrected chi connectivity index (χ1v) is 10.5. The Morgan fingerprint density at radius 1 is 1.35 bits per heavy atom. The predicted octanol–water partition coefficient (Wildman–Crippen LogP) is 4.82. The first-order chi connectivity index (χ1) is 15.0. The Morgan fingerprint density at radius 3 is 2.74 bits per heavy atom. The molecule has 4 rings (SSSR count). The van der Waals surface area contributed by atoms with Gasteiger partial charge >= 0.3 is 0 Å². The van der Waals surface area contributed by atoms with Crippen LogP contribution in [0.4, 0.5) is 10.2 Å². The quantitative estimate of drug-likeness (QED) is 0.681. The van der Waals surface area contributed by atoms with Crippen LogP contribution in [0.15, 0.2) is 35.7 Å². The first-order valence-electron chi connectivity index (χ1n) is 10.5. The fraction of sp³-hybridized carbons (Fsp3) is 0.333. The van der Waals surface area contributed by atoms with E-state index < -0.39 is 12.1 Å². The number of fused-ring (bicyclic) bond motifs is 1. The maximum absolute atomic E-state index is 13.2. The van der Waals surface area contributed by atoms with Gasteiger partial charge in [-0.2, -0.15) is 5.10 Å². The molecule has 1 aliphatic heterocycles. The third-order valence-corrected chi connectivity index (χ3v) is 5.62. The Balaban J connectivity index is 1.73. The van der Waals surface area contributed by atoms with Crippen molar-refractivity contribution in [2.24, 2.45) is 11.0 Å². The van der Waals surface area contributed by atoms with Crippen LogP contribution in [0, 0.1) is 12.8 Å². The third kappa shape index (κ3) is 4.00. The molecule has 0 spiro atoms. The van der Waals surface area contributed by atoms with Gasteiger partial charge < -0.3 is 5.32 Å². The lowest BCUT2D eigenvalue weighted by Crippen LogP contribution is -2.21. The molecule has 2 aliphatic rings. The summed E-state index contributed by atoms with van der Waals surface area (Å²) in [7, 11) is 0. The van der Waals surface area contributed by atoms with E-state index in [1.807, 2.05) is 25.3 Å². The average molecular weight is 420 g/mol. The van der Waals surface area contributed by atoms with Gasteiger partial charge in [-0.3, -0.25) is 9.78 Å². The zero-order valence-electron chi connectivity index (χ0n) is 18.0. The number of pyridine rings is 2. The topological polar surface area (TPSA) is 70.5 Å². The third-order valence-electron chi connectivity index (χ3n) is 5.62. The molecule has 160 valence electrons. The number of aryl methyl sites for hydroxylation is 2. The molecule has 0 saturated heterocycles. The average Bonchev–Trinajstić information content (AvgIpc) is 3.49. The fourth-order valence-electron chi connectivity index (χ4n) is 3.87. The number of rotatable bonds is 6. The van der Waals surface area contributed by atoms with Crippen molar-refractivity contribution in [3.8, 4) is 0 Å². The van der Waals surface area contributed by atoms with Crippen LogP contribution in [-0.2, 0) is 11.2 Å². The Hall–Kier alpha value is -3.35. The van der Waals surface area contributed by atoms with Crippen LogP contribution >= 0.6 is 0 Å². The van der Waals surface area contributed by atoms with E-state index in [9.17, 15) is 9.18 Å². The van der Waals surface area contributed by atoms with Crippen molar-refractivity contribution in [3.05, 3.63) is 58.6 Å². The molecular formula is C24H26FN5O. The summed E-state index contributed by atoms with van der Waals surface area (Å²) < 4.78 is 13.2. The molecule has 1 N–H and O–H groups in total. The lowest BCUT2D eigenvalue weighted by atomic mass is 9.96. The smallest absolute Gasteiger partial charge is 0.231 e. The van der Waals surface area contributed by atoms with Crippen molar-refractivity contribution in [2.45, 2.75) is 46.2 Å². The van der Waals surface area contributed by atoms with Crippen LogP contribution in [-0.4, -0.2) is 33.8 Å². The molecule has 0 aromatic carbocycles. The number of hydrogen-bond donors (Lipinski definition) is 1. The number of aromatic nitrogens is 2. The van der Waals surface area contributed by atoms with E-state index in [2.05, 4.69) is 47.0 Å². The van der Waals surface area contributed by atoms with E-state index in [0.29, 0.717) is 5.82 Å². The molecule has 2 aromatic heterocycles. The SMILES string of the molecule is C=NN1C(c2cnc(CCC)cc2C)=Cc2cnc(NC(=O)C3CC3F)cc2/C1=C/C. The molecule has 2 atom stereocenters. The van der Waals surface area contributed by atoms with Crippen LogP contribution in [0.2, 0.25) is 0 Å². The summed E-state index contributed by atoms with van der Waals surface area (Å²) in [6, 6.07) is 3.90. The van der Waals surface area contributed by atoms with Gasteiger partial charge in [0.1, 0.15) is 12.0 Å². The molecule has 0 radical (unpaired) electrons. The summed E-state index contributed by atoms with van der Waals surface area (Å²) in [5.74, 6) is -0.505. The van der Waals surface area contributed by atoms with Crippen LogP contribution in [0.25, 0.3) is 17.5 Å². The summed E-state index contributed by atoms with van der Waals surface area (Å²) >= 11 is 0. The van der Waals surface area contributed by atoms with Crippen LogP contribution in [0.3, 0.4) is 0 Å². The van der Waals surface area contributed by atoms with Crippen LogP contribution < -0.4 is 5.32 Å². The van der Waals surface area contributed by atoms with Crippen molar-refractivity contribution in [2.75, 3.05) is 5.32 Å². The second-order valence-corrected chi connectivity index (χ2v) is 7.90. The highest BCUT2D eigenvalue weighted by Crippen LogP contribution is 2.40. The molecule has 0 bridgehead atoms. The molecule has 2 aromatic rings. The number of carbonyl (C=O) groups is 1. The number of carbonyl (C=O) groups excluding carboxylic acids is 1. The zero-order valence-corrected chi connectivity index (χ0v) is 18.0. The van der Waals surface area contributed by atoms with Crippen molar-refractivity contribution < 1.29 is 9.18 Å². The van der Waals surface area contributed by atoms with Crippen molar-refractivity contribution in [1.82, 2.24) is 15.0 Å². The molecule has 3 heterocycles. The van der Waals surface area contributed by atoms with Gasteiger partial charge in [0.25, 0.3) is 0 Å². The monoisotopic (exact) mass is 419 g/mol. The number of amides is 1. The number of allylic oxidation sites excluding steroid dienone is 1. The minimum Gasteiger partial charge on any atom is -0.310 e. The van der Waals surface area contributed by atoms with Gasteiger partial charge in [0.05, 0.1) is 17.3 Å². The highest BCUT2D eigenvalue weighted by molar-refractivity contribution is 5.97. The van der Waals surface area contributed by atoms with Crippen molar-refractivity contribution in [3.63, 3.8) is 0 Å². The molecule has 1 aliphatic carbocycles. The van der Waals surface area contributed by atoms with Crippen LogP contribution in [0.1, 0.15) is 54.6 Å². The second-order valence-electron chi connectivity index (χ2n) is 7.90. The maximum atomic E-state index is 13.2. The summed E-state index contributed by atoms with van der Waals surface area (Å²) in [5, 5.41) is 8.75. The van der Waals surface area contributed by atoms with Crippen molar-refractivity contribution in [1.29, 1.82) is 0 Å². The molecule has 31 heavy (non-hydrogen) atoms. The highest BCUT2D eigenvalue weighted by atomic mass is 19.1. The molecule has 1 fully saturated rings. The van der Waals surface area contributed by atoms with E-state index in [0.717, 1.165) is 52.2 Å². The minimum absolute atomic E-state index is 0.279. The number of hydrogen-bond acceptors (Lipinski definition) is 5. The van der Waals surface area contributed by atoms with Gasteiger partial charge in [0.15, 0.2) is 0 Å². The van der Waals surface area contributed by atoms with Gasteiger partial charge in [-0.15, -0.1) is 0 Å². The van der Waals surface area contributed by atoms with Gasteiger partial charge in [-0.05, 0) is 50.5 Å². The summed E-state index contributed by atoms with van der Waals surface area (Å²) in [6.07, 6.45) is 8.75. The molecule has 7 heteroatoms. The molecule has 1 amide bonds. The zero-order chi connectivity index (χ0) is 22.1. The predicted molar refractivity (Wildman–Crippen MR) is 122 cm³/mol. The number of halogens is 1. The second kappa shape index (κ2) is 8.41. The minimum atomic E-state index is -1.05. The number of anilines is 1. The van der Waals surface area contributed by atoms with E-state index in [1.165, 1.54) is 0 Å². The lowest BCUT2D eigenvalue weighted by Gasteiger charge is -2.30. The number of alkyl halides is 1. The largest absolute Gasteiger partial charge is 0.310 e. The van der Waals surface area contributed by atoms with Gasteiger partial charge in [-0.25, -0.2) is 14.4 Å². The normalized spacial score (nSPS) is 20.8. The summed E-state index contributed by atoms with van der Waals surface area (Å²) in [5.41, 5.74) is 6.60. The van der Waals surface area contributed by atoms with Gasteiger partial charge in [0, 0.05) is 41.5 Å². The lowest BCUT2D eigenvalue weighted by molar-refractivity contribution is -0.117. The van der Waals surface area contributed by atoms with E-state index in [4.69, 9.17) is 0 Å². The van der Waals surface area contributed by atoms with Crippen molar-refractivity contribution >= 4 is 35.9 Å². The van der Waals surface area contributed by atoms with Crippen LogP contribution in [0.5, 0.6) is 0 Å². The number of nitrogens with zero attached hydrogens (tertiary/aromatic N) is 4. The molecule has 1 saturated carbocycles. The molecular weight excluding hydrogens is 393 g/mol. The maximum Gasteiger partial charge on any atom is 0.231 e. The van der Waals surface area contributed by atoms with Gasteiger partial charge in [0.2, 0.25) is 5.91 Å². The van der Waals surface area contributed by atoms with E-state index >= 15 is 0 Å². The highest BCUT2D eigenvalue weighted by Gasteiger charge is 2.43. The molecule has 6 nitrogen and oxygen atoms in total.